The third-order valence-corrected chi connectivity index (χ3v) is 5.59. The van der Waals surface area contributed by atoms with Crippen molar-refractivity contribution in [3.63, 3.8) is 0 Å². The van der Waals surface area contributed by atoms with Crippen LogP contribution in [0, 0.1) is 21.4 Å². The maximum Gasteiger partial charge on any atom is 0.287 e. The lowest BCUT2D eigenvalue weighted by Crippen LogP contribution is -2.25. The molecule has 0 aromatic heterocycles. The van der Waals surface area contributed by atoms with Crippen molar-refractivity contribution >= 4 is 21.2 Å². The molecule has 106 valence electrons. The van der Waals surface area contributed by atoms with Crippen LogP contribution in [0.4, 0.5) is 11.4 Å². The van der Waals surface area contributed by atoms with Crippen LogP contribution >= 0.6 is 0 Å². The largest absolute Gasteiger partial charge is 0.384 e. The van der Waals surface area contributed by atoms with E-state index in [2.05, 4.69) is 5.32 Å². The zero-order valence-electron chi connectivity index (χ0n) is 10.6. The van der Waals surface area contributed by atoms with E-state index >= 15 is 0 Å². The molecule has 2 rings (SSSR count). The van der Waals surface area contributed by atoms with E-state index in [9.17, 15) is 18.5 Å². The van der Waals surface area contributed by atoms with E-state index in [0.717, 1.165) is 0 Å². The number of nitro benzene ring substituents is 1. The van der Waals surface area contributed by atoms with Crippen molar-refractivity contribution in [3.8, 4) is 6.07 Å². The smallest absolute Gasteiger partial charge is 0.287 e. The quantitative estimate of drug-likeness (QED) is 0.664. The maximum atomic E-state index is 11.7. The normalized spacial score (nSPS) is 20.2. The summed E-state index contributed by atoms with van der Waals surface area (Å²) in [4.78, 5) is 10.1. The van der Waals surface area contributed by atoms with Gasteiger partial charge in [0.2, 0.25) is 0 Å². The van der Waals surface area contributed by atoms with Gasteiger partial charge in [0.15, 0.2) is 9.84 Å². The molecule has 8 heteroatoms. The van der Waals surface area contributed by atoms with Crippen molar-refractivity contribution in [3.05, 3.63) is 33.9 Å². The predicted molar refractivity (Wildman–Crippen MR) is 73.1 cm³/mol. The van der Waals surface area contributed by atoms with E-state index in [-0.39, 0.29) is 23.5 Å². The van der Waals surface area contributed by atoms with Crippen LogP contribution in [-0.2, 0) is 9.84 Å². The Morgan fingerprint density at radius 3 is 2.80 bits per heavy atom. The van der Waals surface area contributed by atoms with E-state index in [1.165, 1.54) is 18.2 Å². The number of anilines is 1. The molecule has 7 nitrogen and oxygen atoms in total. The van der Waals surface area contributed by atoms with E-state index in [0.29, 0.717) is 18.5 Å². The Hall–Kier alpha value is -2.14. The summed E-state index contributed by atoms with van der Waals surface area (Å²) >= 11 is 0. The first-order valence-electron chi connectivity index (χ1n) is 6.08. The first-order chi connectivity index (χ1) is 9.44. The molecule has 20 heavy (non-hydrogen) atoms. The van der Waals surface area contributed by atoms with Crippen molar-refractivity contribution in [1.82, 2.24) is 0 Å². The number of nitrogens with zero attached hydrogens (tertiary/aromatic N) is 2. The van der Waals surface area contributed by atoms with Gasteiger partial charge in [0.1, 0.15) is 11.6 Å². The molecule has 0 aliphatic carbocycles. The van der Waals surface area contributed by atoms with Gasteiger partial charge in [-0.3, -0.25) is 10.1 Å². The van der Waals surface area contributed by atoms with Crippen molar-refractivity contribution in [2.45, 2.75) is 18.1 Å². The van der Waals surface area contributed by atoms with Crippen LogP contribution < -0.4 is 5.32 Å². The number of benzene rings is 1. The molecule has 1 aromatic carbocycles. The Bertz CT molecular complexity index is 678. The highest BCUT2D eigenvalue weighted by Gasteiger charge is 2.30. The van der Waals surface area contributed by atoms with Gasteiger partial charge in [0, 0.05) is 18.3 Å². The summed E-state index contributed by atoms with van der Waals surface area (Å²) < 4.78 is 23.3. The Morgan fingerprint density at radius 2 is 2.25 bits per heavy atom. The van der Waals surface area contributed by atoms with Crippen molar-refractivity contribution in [2.75, 3.05) is 17.6 Å². The molecule has 1 N–H and O–H groups in total. The van der Waals surface area contributed by atoms with Gasteiger partial charge in [-0.05, 0) is 25.0 Å². The molecule has 1 aromatic rings. The molecule has 0 spiro atoms. The molecular weight excluding hydrogens is 282 g/mol. The van der Waals surface area contributed by atoms with Crippen LogP contribution in [0.15, 0.2) is 18.2 Å². The topological polar surface area (TPSA) is 113 Å². The third kappa shape index (κ3) is 2.88. The van der Waals surface area contributed by atoms with Crippen LogP contribution in [0.5, 0.6) is 0 Å². The highest BCUT2D eigenvalue weighted by molar-refractivity contribution is 7.92. The molecule has 1 aliphatic rings. The fourth-order valence-electron chi connectivity index (χ4n) is 2.21. The van der Waals surface area contributed by atoms with Gasteiger partial charge in [-0.2, -0.15) is 5.26 Å². The summed E-state index contributed by atoms with van der Waals surface area (Å²) in [6.07, 6.45) is 1.28. The van der Waals surface area contributed by atoms with Crippen molar-refractivity contribution in [1.29, 1.82) is 5.26 Å². The lowest BCUT2D eigenvalue weighted by Gasteiger charge is -2.12. The van der Waals surface area contributed by atoms with Gasteiger partial charge in [-0.25, -0.2) is 8.42 Å². The highest BCUT2D eigenvalue weighted by Crippen LogP contribution is 2.24. The van der Waals surface area contributed by atoms with Gasteiger partial charge in [0.05, 0.1) is 15.9 Å². The number of hydrogen-bond donors (Lipinski definition) is 1. The van der Waals surface area contributed by atoms with Crippen LogP contribution in [0.2, 0.25) is 0 Å². The predicted octanol–water partition coefficient (Wildman–Crippen LogP) is 1.46. The van der Waals surface area contributed by atoms with Crippen molar-refractivity contribution < 1.29 is 13.3 Å². The number of nitrogens with one attached hydrogen (secondary N) is 1. The minimum absolute atomic E-state index is 0.0470. The van der Waals surface area contributed by atoms with Gasteiger partial charge < -0.3 is 5.32 Å². The lowest BCUT2D eigenvalue weighted by atomic mass is 10.1. The molecule has 1 fully saturated rings. The van der Waals surface area contributed by atoms with E-state index in [1.807, 2.05) is 0 Å². The number of nitro groups is 1. The molecule has 1 saturated heterocycles. The second-order valence-electron chi connectivity index (χ2n) is 4.61. The minimum atomic E-state index is -3.03. The van der Waals surface area contributed by atoms with Gasteiger partial charge in [-0.15, -0.1) is 0 Å². The zero-order chi connectivity index (χ0) is 14.8. The highest BCUT2D eigenvalue weighted by atomic mass is 32.2. The molecule has 1 atom stereocenters. The molecule has 0 saturated carbocycles. The number of sulfone groups is 1. The number of hydrogen-bond acceptors (Lipinski definition) is 6. The van der Waals surface area contributed by atoms with Crippen LogP contribution in [-0.4, -0.2) is 30.9 Å². The Morgan fingerprint density at radius 1 is 1.50 bits per heavy atom. The second-order valence-corrected chi connectivity index (χ2v) is 7.01. The lowest BCUT2D eigenvalue weighted by molar-refractivity contribution is -0.385. The van der Waals surface area contributed by atoms with E-state index in [4.69, 9.17) is 5.26 Å². The van der Waals surface area contributed by atoms with E-state index in [1.54, 1.807) is 6.07 Å². The molecular formula is C12H13N3O4S. The fourth-order valence-corrected chi connectivity index (χ4v) is 3.98. The maximum absolute atomic E-state index is 11.7. The molecule has 0 amide bonds. The third-order valence-electron chi connectivity index (χ3n) is 3.31. The van der Waals surface area contributed by atoms with Gasteiger partial charge in [-0.1, -0.05) is 0 Å². The molecule has 1 heterocycles. The minimum Gasteiger partial charge on any atom is -0.384 e. The summed E-state index contributed by atoms with van der Waals surface area (Å²) in [5.74, 6) is 0.211. The second kappa shape index (κ2) is 5.46. The Labute approximate surface area is 116 Å². The summed E-state index contributed by atoms with van der Waals surface area (Å²) in [5, 5.41) is 22.1. The number of nitriles is 1. The Balaban J connectivity index is 2.11. The number of rotatable bonds is 4. The first kappa shape index (κ1) is 14.3. The molecule has 0 bridgehead atoms. The van der Waals surface area contributed by atoms with Crippen LogP contribution in [0.3, 0.4) is 0 Å². The average Bonchev–Trinajstić information content (AvgIpc) is 2.74. The SMILES string of the molecule is N#Cc1cc(NCC2CCCS2(=O)=O)ccc1[N+](=O)[O-]. The van der Waals surface area contributed by atoms with Gasteiger partial charge in [0.25, 0.3) is 5.69 Å². The summed E-state index contributed by atoms with van der Waals surface area (Å²) in [6.45, 7) is 0.255. The first-order valence-corrected chi connectivity index (χ1v) is 7.79. The van der Waals surface area contributed by atoms with Gasteiger partial charge >= 0.3 is 0 Å². The molecule has 0 radical (unpaired) electrons. The van der Waals surface area contributed by atoms with Crippen molar-refractivity contribution in [2.24, 2.45) is 0 Å². The summed E-state index contributed by atoms with van der Waals surface area (Å²) in [5.41, 5.74) is 0.204. The van der Waals surface area contributed by atoms with Crippen LogP contribution in [0.1, 0.15) is 18.4 Å². The Kier molecular flexibility index (Phi) is 3.90. The monoisotopic (exact) mass is 295 g/mol. The molecule has 1 aliphatic heterocycles. The fraction of sp³-hybridized carbons (Fsp3) is 0.417. The van der Waals surface area contributed by atoms with E-state index < -0.39 is 20.0 Å². The standard InChI is InChI=1S/C12H13N3O4S/c13-7-9-6-10(3-4-12(9)15(16)17)14-8-11-2-1-5-20(11,18)19/h3-4,6,11,14H,1-2,5,8H2. The summed E-state index contributed by atoms with van der Waals surface area (Å²) in [6, 6.07) is 5.84. The zero-order valence-corrected chi connectivity index (χ0v) is 11.4. The summed E-state index contributed by atoms with van der Waals surface area (Å²) in [7, 11) is -3.03. The average molecular weight is 295 g/mol. The molecule has 1 unspecified atom stereocenters. The van der Waals surface area contributed by atoms with Crippen LogP contribution in [0.25, 0.3) is 0 Å².